The average Bonchev–Trinajstić information content (AvgIpc) is 3.04. The lowest BCUT2D eigenvalue weighted by Gasteiger charge is -2.15. The summed E-state index contributed by atoms with van der Waals surface area (Å²) < 4.78 is 9.82. The monoisotopic (exact) mass is 417 g/mol. The van der Waals surface area contributed by atoms with Crippen molar-refractivity contribution in [3.8, 4) is 10.4 Å². The van der Waals surface area contributed by atoms with Gasteiger partial charge in [0.25, 0.3) is 0 Å². The van der Waals surface area contributed by atoms with Crippen LogP contribution in [0.2, 0.25) is 5.15 Å². The molecule has 1 aromatic carbocycles. The molecule has 28 heavy (non-hydrogen) atoms. The minimum Gasteiger partial charge on any atom is -0.441 e. The molecule has 5 nitrogen and oxygen atoms in total. The Morgan fingerprint density at radius 2 is 1.86 bits per heavy atom. The van der Waals surface area contributed by atoms with Crippen molar-refractivity contribution in [2.45, 2.75) is 40.7 Å². The maximum absolute atomic E-state index is 12.4. The van der Waals surface area contributed by atoms with Gasteiger partial charge in [0.2, 0.25) is 0 Å². The Hall–Kier alpha value is -2.44. The molecule has 7 heteroatoms. The van der Waals surface area contributed by atoms with Gasteiger partial charge in [-0.05, 0) is 43.9 Å². The Bertz CT molecular complexity index is 926. The SMILES string of the molecule is CC.Cc1ccc(-c2snc(C)c2NC(=O)OC(C)c2cccnc2Cl)cc1. The molecule has 3 rings (SSSR count). The molecule has 0 fully saturated rings. The second kappa shape index (κ2) is 10.2. The first-order valence-electron chi connectivity index (χ1n) is 9.07. The normalized spacial score (nSPS) is 11.2. The third kappa shape index (κ3) is 5.30. The zero-order valence-electron chi connectivity index (χ0n) is 16.6. The highest BCUT2D eigenvalue weighted by Gasteiger charge is 2.19. The number of amides is 1. The van der Waals surface area contributed by atoms with Crippen LogP contribution >= 0.6 is 23.1 Å². The second-order valence-corrected chi connectivity index (χ2v) is 7.03. The average molecular weight is 418 g/mol. The molecule has 0 bridgehead atoms. The van der Waals surface area contributed by atoms with Gasteiger partial charge >= 0.3 is 6.09 Å². The van der Waals surface area contributed by atoms with E-state index in [0.717, 1.165) is 16.1 Å². The Morgan fingerprint density at radius 3 is 2.50 bits per heavy atom. The maximum Gasteiger partial charge on any atom is 0.412 e. The number of ether oxygens (including phenoxy) is 1. The number of hydrogen-bond donors (Lipinski definition) is 1. The molecular weight excluding hydrogens is 394 g/mol. The smallest absolute Gasteiger partial charge is 0.412 e. The van der Waals surface area contributed by atoms with Gasteiger partial charge in [-0.25, -0.2) is 9.78 Å². The summed E-state index contributed by atoms with van der Waals surface area (Å²) in [6, 6.07) is 11.6. The summed E-state index contributed by atoms with van der Waals surface area (Å²) in [4.78, 5) is 17.3. The summed E-state index contributed by atoms with van der Waals surface area (Å²) in [5.41, 5.74) is 4.23. The predicted molar refractivity (Wildman–Crippen MR) is 116 cm³/mol. The van der Waals surface area contributed by atoms with Gasteiger partial charge in [0, 0.05) is 11.8 Å². The molecule has 0 aliphatic carbocycles. The Balaban J connectivity index is 0.00000136. The molecule has 0 radical (unpaired) electrons. The molecule has 148 valence electrons. The first-order valence-corrected chi connectivity index (χ1v) is 10.2. The third-order valence-electron chi connectivity index (χ3n) is 3.91. The number of carbonyl (C=O) groups excluding carboxylic acids is 1. The lowest BCUT2D eigenvalue weighted by atomic mass is 10.1. The van der Waals surface area contributed by atoms with Crippen molar-refractivity contribution in [1.82, 2.24) is 9.36 Å². The highest BCUT2D eigenvalue weighted by atomic mass is 35.5. The summed E-state index contributed by atoms with van der Waals surface area (Å²) in [6.07, 6.45) is 0.507. The molecule has 0 saturated carbocycles. The molecule has 1 unspecified atom stereocenters. The van der Waals surface area contributed by atoms with Crippen LogP contribution in [0.5, 0.6) is 0 Å². The highest BCUT2D eigenvalue weighted by Crippen LogP contribution is 2.35. The van der Waals surface area contributed by atoms with Crippen molar-refractivity contribution in [2.24, 2.45) is 0 Å². The molecule has 0 aliphatic rings. The molecule has 3 aromatic rings. The van der Waals surface area contributed by atoms with Crippen LogP contribution in [0.15, 0.2) is 42.6 Å². The van der Waals surface area contributed by atoms with Gasteiger partial charge < -0.3 is 4.74 Å². The van der Waals surface area contributed by atoms with E-state index in [1.807, 2.05) is 52.0 Å². The third-order valence-corrected chi connectivity index (χ3v) is 5.22. The Morgan fingerprint density at radius 1 is 1.18 bits per heavy atom. The van der Waals surface area contributed by atoms with E-state index in [1.165, 1.54) is 17.1 Å². The van der Waals surface area contributed by atoms with Crippen LogP contribution in [0.3, 0.4) is 0 Å². The van der Waals surface area contributed by atoms with Crippen LogP contribution in [-0.2, 0) is 4.74 Å². The van der Waals surface area contributed by atoms with E-state index in [4.69, 9.17) is 16.3 Å². The van der Waals surface area contributed by atoms with Crippen LogP contribution in [0.1, 0.15) is 43.7 Å². The van der Waals surface area contributed by atoms with Crippen LogP contribution in [-0.4, -0.2) is 15.5 Å². The van der Waals surface area contributed by atoms with Gasteiger partial charge in [-0.15, -0.1) is 0 Å². The minimum absolute atomic E-state index is 0.321. The lowest BCUT2D eigenvalue weighted by molar-refractivity contribution is 0.121. The van der Waals surface area contributed by atoms with Gasteiger partial charge in [-0.2, -0.15) is 4.37 Å². The number of aromatic nitrogens is 2. The van der Waals surface area contributed by atoms with Gasteiger partial charge in [-0.3, -0.25) is 5.32 Å². The van der Waals surface area contributed by atoms with Crippen LogP contribution in [0.4, 0.5) is 10.5 Å². The largest absolute Gasteiger partial charge is 0.441 e. The lowest BCUT2D eigenvalue weighted by Crippen LogP contribution is -2.17. The van der Waals surface area contributed by atoms with Crippen molar-refractivity contribution >= 4 is 34.9 Å². The van der Waals surface area contributed by atoms with E-state index < -0.39 is 12.2 Å². The predicted octanol–water partition coefficient (Wildman–Crippen LogP) is 6.81. The molecule has 2 heterocycles. The number of rotatable bonds is 4. The van der Waals surface area contributed by atoms with E-state index in [2.05, 4.69) is 14.7 Å². The highest BCUT2D eigenvalue weighted by molar-refractivity contribution is 7.10. The van der Waals surface area contributed by atoms with E-state index in [1.54, 1.807) is 25.3 Å². The van der Waals surface area contributed by atoms with E-state index >= 15 is 0 Å². The van der Waals surface area contributed by atoms with Gasteiger partial charge in [0.1, 0.15) is 11.3 Å². The van der Waals surface area contributed by atoms with Crippen molar-refractivity contribution in [2.75, 3.05) is 5.32 Å². The van der Waals surface area contributed by atoms with E-state index in [0.29, 0.717) is 16.4 Å². The Labute approximate surface area is 174 Å². The van der Waals surface area contributed by atoms with Crippen molar-refractivity contribution in [1.29, 1.82) is 0 Å². The van der Waals surface area contributed by atoms with Crippen LogP contribution in [0.25, 0.3) is 10.4 Å². The number of halogens is 1. The summed E-state index contributed by atoms with van der Waals surface area (Å²) >= 11 is 7.40. The van der Waals surface area contributed by atoms with Gasteiger partial charge in [0.05, 0.1) is 16.3 Å². The summed E-state index contributed by atoms with van der Waals surface area (Å²) in [7, 11) is 0. The number of aryl methyl sites for hydroxylation is 2. The first-order chi connectivity index (χ1) is 13.5. The van der Waals surface area contributed by atoms with E-state index in [9.17, 15) is 4.79 Å². The molecule has 1 N–H and O–H groups in total. The fourth-order valence-electron chi connectivity index (χ4n) is 2.48. The standard InChI is InChI=1S/C19H18ClN3O2S.C2H6/c1-11-6-8-14(9-7-11)17-16(12(2)23-26-17)22-19(24)25-13(3)15-5-4-10-21-18(15)20;1-2/h4-10,13H,1-3H3,(H,22,24);1-2H3. The quantitative estimate of drug-likeness (QED) is 0.473. The fraction of sp³-hybridized carbons (Fsp3) is 0.286. The molecule has 1 amide bonds. The number of nitrogens with one attached hydrogen (secondary N) is 1. The number of anilines is 1. The topological polar surface area (TPSA) is 64.1 Å². The zero-order chi connectivity index (χ0) is 20.7. The van der Waals surface area contributed by atoms with Gasteiger partial charge in [0.15, 0.2) is 0 Å². The van der Waals surface area contributed by atoms with Crippen molar-refractivity contribution in [3.05, 3.63) is 64.6 Å². The molecular formula is C21H24ClN3O2S. The number of benzene rings is 1. The van der Waals surface area contributed by atoms with Crippen LogP contribution in [0, 0.1) is 13.8 Å². The van der Waals surface area contributed by atoms with E-state index in [-0.39, 0.29) is 0 Å². The molecule has 0 aliphatic heterocycles. The number of pyridine rings is 1. The second-order valence-electron chi connectivity index (χ2n) is 5.89. The summed E-state index contributed by atoms with van der Waals surface area (Å²) in [6.45, 7) is 9.64. The minimum atomic E-state index is -0.561. The van der Waals surface area contributed by atoms with Crippen LogP contribution < -0.4 is 5.32 Å². The number of carbonyl (C=O) groups is 1. The molecule has 2 aromatic heterocycles. The molecule has 1 atom stereocenters. The van der Waals surface area contributed by atoms with Crippen molar-refractivity contribution in [3.63, 3.8) is 0 Å². The molecule has 0 spiro atoms. The van der Waals surface area contributed by atoms with Gasteiger partial charge in [-0.1, -0.05) is 61.3 Å². The summed E-state index contributed by atoms with van der Waals surface area (Å²) in [5.74, 6) is 0. The fourth-order valence-corrected chi connectivity index (χ4v) is 3.60. The molecule has 0 saturated heterocycles. The number of nitrogens with zero attached hydrogens (tertiary/aromatic N) is 2. The maximum atomic E-state index is 12.4. The first kappa shape index (κ1) is 21.9. The number of hydrogen-bond acceptors (Lipinski definition) is 5. The Kier molecular flexibility index (Phi) is 7.96. The summed E-state index contributed by atoms with van der Waals surface area (Å²) in [5, 5.41) is 3.14. The van der Waals surface area contributed by atoms with Crippen molar-refractivity contribution < 1.29 is 9.53 Å². The zero-order valence-corrected chi connectivity index (χ0v) is 18.2.